The molecular formula is C11H18S. The Hall–Kier alpha value is 0.0900. The molecule has 0 unspecified atom stereocenters. The first-order valence-electron chi connectivity index (χ1n) is 5.01. The van der Waals surface area contributed by atoms with Crippen LogP contribution in [0.25, 0.3) is 0 Å². The number of thioether (sulfide) groups is 1. The van der Waals surface area contributed by atoms with Gasteiger partial charge in [-0.15, -0.1) is 11.8 Å². The molecule has 2 aliphatic rings. The predicted molar refractivity (Wildman–Crippen MR) is 56.4 cm³/mol. The molecular weight excluding hydrogens is 164 g/mol. The summed E-state index contributed by atoms with van der Waals surface area (Å²) in [6, 6.07) is 0. The summed E-state index contributed by atoms with van der Waals surface area (Å²) < 4.78 is 0. The molecule has 0 aromatic rings. The van der Waals surface area contributed by atoms with Crippen LogP contribution in [0.15, 0.2) is 10.5 Å². The van der Waals surface area contributed by atoms with E-state index < -0.39 is 0 Å². The van der Waals surface area contributed by atoms with E-state index in [4.69, 9.17) is 0 Å². The van der Waals surface area contributed by atoms with Crippen molar-refractivity contribution in [3.8, 4) is 0 Å². The number of hydrogen-bond acceptors (Lipinski definition) is 1. The van der Waals surface area contributed by atoms with E-state index in [9.17, 15) is 0 Å². The SMILES string of the molecule is CC1(C)CSC2=C(CCCC2)C1. The highest BCUT2D eigenvalue weighted by atomic mass is 32.2. The molecule has 0 atom stereocenters. The van der Waals surface area contributed by atoms with Gasteiger partial charge in [-0.2, -0.15) is 0 Å². The van der Waals surface area contributed by atoms with Crippen LogP contribution in [0.3, 0.4) is 0 Å². The van der Waals surface area contributed by atoms with Crippen molar-refractivity contribution >= 4 is 11.8 Å². The largest absolute Gasteiger partial charge is 0.130 e. The highest BCUT2D eigenvalue weighted by Crippen LogP contribution is 2.46. The number of rotatable bonds is 0. The quantitative estimate of drug-likeness (QED) is 0.546. The van der Waals surface area contributed by atoms with Gasteiger partial charge in [0, 0.05) is 5.75 Å². The Morgan fingerprint density at radius 2 is 1.92 bits per heavy atom. The fraction of sp³-hybridized carbons (Fsp3) is 0.818. The second-order valence-corrected chi connectivity index (χ2v) is 5.93. The van der Waals surface area contributed by atoms with Crippen molar-refractivity contribution in [2.45, 2.75) is 46.0 Å². The third kappa shape index (κ3) is 1.71. The third-order valence-corrected chi connectivity index (χ3v) is 4.62. The molecule has 0 nitrogen and oxygen atoms in total. The molecule has 1 heterocycles. The summed E-state index contributed by atoms with van der Waals surface area (Å²) in [7, 11) is 0. The maximum Gasteiger partial charge on any atom is 0.00312 e. The second kappa shape index (κ2) is 3.10. The van der Waals surface area contributed by atoms with Crippen molar-refractivity contribution < 1.29 is 0 Å². The van der Waals surface area contributed by atoms with Crippen LogP contribution in [0.5, 0.6) is 0 Å². The minimum Gasteiger partial charge on any atom is -0.130 e. The summed E-state index contributed by atoms with van der Waals surface area (Å²) in [6.07, 6.45) is 7.03. The molecule has 68 valence electrons. The van der Waals surface area contributed by atoms with E-state index in [-0.39, 0.29) is 0 Å². The first-order valence-corrected chi connectivity index (χ1v) is 6.00. The van der Waals surface area contributed by atoms with Gasteiger partial charge in [-0.3, -0.25) is 0 Å². The van der Waals surface area contributed by atoms with Crippen molar-refractivity contribution in [3.63, 3.8) is 0 Å². The second-order valence-electron chi connectivity index (χ2n) is 4.86. The van der Waals surface area contributed by atoms with Gasteiger partial charge in [-0.05, 0) is 42.4 Å². The average molecular weight is 182 g/mol. The van der Waals surface area contributed by atoms with Crippen molar-refractivity contribution in [1.29, 1.82) is 0 Å². The number of hydrogen-bond donors (Lipinski definition) is 0. The Labute approximate surface area is 79.8 Å². The first kappa shape index (κ1) is 8.68. The van der Waals surface area contributed by atoms with Crippen LogP contribution in [0.2, 0.25) is 0 Å². The molecule has 0 saturated carbocycles. The zero-order chi connectivity index (χ0) is 8.60. The minimum absolute atomic E-state index is 0.570. The molecule has 0 radical (unpaired) electrons. The van der Waals surface area contributed by atoms with Crippen LogP contribution < -0.4 is 0 Å². The molecule has 0 aromatic carbocycles. The smallest absolute Gasteiger partial charge is 0.00312 e. The highest BCUT2D eigenvalue weighted by molar-refractivity contribution is 8.03. The molecule has 0 N–H and O–H groups in total. The maximum atomic E-state index is 2.40. The topological polar surface area (TPSA) is 0 Å². The van der Waals surface area contributed by atoms with Crippen LogP contribution in [-0.4, -0.2) is 5.75 Å². The zero-order valence-corrected chi connectivity index (χ0v) is 8.97. The monoisotopic (exact) mass is 182 g/mol. The van der Waals surface area contributed by atoms with Gasteiger partial charge < -0.3 is 0 Å². The average Bonchev–Trinajstić information content (AvgIpc) is 2.02. The Morgan fingerprint density at radius 3 is 2.75 bits per heavy atom. The van der Waals surface area contributed by atoms with Gasteiger partial charge in [-0.1, -0.05) is 19.4 Å². The summed E-state index contributed by atoms with van der Waals surface area (Å²) in [6.45, 7) is 4.80. The van der Waals surface area contributed by atoms with Crippen LogP contribution >= 0.6 is 11.8 Å². The lowest BCUT2D eigenvalue weighted by Gasteiger charge is -2.34. The van der Waals surface area contributed by atoms with E-state index in [0.29, 0.717) is 5.41 Å². The molecule has 1 aliphatic carbocycles. The minimum atomic E-state index is 0.570. The van der Waals surface area contributed by atoms with Crippen LogP contribution in [0, 0.1) is 5.41 Å². The Bertz CT molecular complexity index is 213. The van der Waals surface area contributed by atoms with Crippen molar-refractivity contribution in [1.82, 2.24) is 0 Å². The van der Waals surface area contributed by atoms with Gasteiger partial charge >= 0.3 is 0 Å². The molecule has 0 aromatic heterocycles. The Kier molecular flexibility index (Phi) is 2.24. The molecule has 2 rings (SSSR count). The summed E-state index contributed by atoms with van der Waals surface area (Å²) in [5, 5.41) is 0. The third-order valence-electron chi connectivity index (χ3n) is 2.86. The van der Waals surface area contributed by atoms with Crippen LogP contribution in [-0.2, 0) is 0 Å². The first-order chi connectivity index (χ1) is 5.67. The molecule has 1 heteroatoms. The van der Waals surface area contributed by atoms with E-state index in [2.05, 4.69) is 25.6 Å². The van der Waals surface area contributed by atoms with Gasteiger partial charge in [-0.25, -0.2) is 0 Å². The summed E-state index contributed by atoms with van der Waals surface area (Å²) in [5.74, 6) is 1.34. The highest BCUT2D eigenvalue weighted by Gasteiger charge is 2.28. The van der Waals surface area contributed by atoms with E-state index >= 15 is 0 Å². The molecule has 0 saturated heterocycles. The lowest BCUT2D eigenvalue weighted by atomic mass is 9.83. The fourth-order valence-electron chi connectivity index (χ4n) is 2.21. The van der Waals surface area contributed by atoms with Gasteiger partial charge in [0.15, 0.2) is 0 Å². The lowest BCUT2D eigenvalue weighted by Crippen LogP contribution is -2.21. The zero-order valence-electron chi connectivity index (χ0n) is 8.15. The fourth-order valence-corrected chi connectivity index (χ4v) is 3.55. The molecule has 0 fully saturated rings. The molecule has 1 aliphatic heterocycles. The Morgan fingerprint density at radius 1 is 1.17 bits per heavy atom. The summed E-state index contributed by atoms with van der Waals surface area (Å²) in [5.41, 5.74) is 2.36. The van der Waals surface area contributed by atoms with Gasteiger partial charge in [0.25, 0.3) is 0 Å². The lowest BCUT2D eigenvalue weighted by molar-refractivity contribution is 0.401. The predicted octanol–water partition coefficient (Wildman–Crippen LogP) is 3.98. The van der Waals surface area contributed by atoms with Crippen LogP contribution in [0.4, 0.5) is 0 Å². The normalized spacial score (nSPS) is 28.5. The van der Waals surface area contributed by atoms with E-state index in [1.54, 1.807) is 10.5 Å². The molecule has 0 amide bonds. The summed E-state index contributed by atoms with van der Waals surface area (Å²) in [4.78, 5) is 1.75. The van der Waals surface area contributed by atoms with E-state index in [1.165, 1.54) is 37.9 Å². The Balaban J connectivity index is 2.16. The van der Waals surface area contributed by atoms with E-state index in [1.807, 2.05) is 0 Å². The van der Waals surface area contributed by atoms with Crippen molar-refractivity contribution in [2.75, 3.05) is 5.75 Å². The molecule has 12 heavy (non-hydrogen) atoms. The van der Waals surface area contributed by atoms with Gasteiger partial charge in [0.05, 0.1) is 0 Å². The maximum absolute atomic E-state index is 2.40. The van der Waals surface area contributed by atoms with Crippen LogP contribution in [0.1, 0.15) is 46.0 Å². The summed E-state index contributed by atoms with van der Waals surface area (Å²) >= 11 is 2.13. The number of allylic oxidation sites excluding steroid dienone is 2. The van der Waals surface area contributed by atoms with Gasteiger partial charge in [0.1, 0.15) is 0 Å². The van der Waals surface area contributed by atoms with Gasteiger partial charge in [0.2, 0.25) is 0 Å². The standard InChI is InChI=1S/C11H18S/c1-11(2)7-9-5-3-4-6-10(9)12-8-11/h3-8H2,1-2H3. The molecule has 0 bridgehead atoms. The van der Waals surface area contributed by atoms with Crippen molar-refractivity contribution in [2.24, 2.45) is 5.41 Å². The van der Waals surface area contributed by atoms with Crippen molar-refractivity contribution in [3.05, 3.63) is 10.5 Å². The molecule has 0 spiro atoms. The van der Waals surface area contributed by atoms with E-state index in [0.717, 1.165) is 0 Å².